The summed E-state index contributed by atoms with van der Waals surface area (Å²) in [5.41, 5.74) is 0. The number of piperidine rings is 1. The number of hydrogen-bond acceptors (Lipinski definition) is 4. The van der Waals surface area contributed by atoms with E-state index < -0.39 is 6.10 Å². The molecule has 1 rings (SSSR count). The lowest BCUT2D eigenvalue weighted by Gasteiger charge is -2.34. The van der Waals surface area contributed by atoms with Gasteiger partial charge in [0.25, 0.3) is 0 Å². The van der Waals surface area contributed by atoms with Gasteiger partial charge in [-0.1, -0.05) is 13.8 Å². The molecule has 1 aliphatic heterocycles. The lowest BCUT2D eigenvalue weighted by molar-refractivity contribution is 0.0443. The lowest BCUT2D eigenvalue weighted by atomic mass is 9.97. The van der Waals surface area contributed by atoms with Crippen molar-refractivity contribution in [2.45, 2.75) is 38.8 Å². The van der Waals surface area contributed by atoms with Crippen LogP contribution in [0.5, 0.6) is 0 Å². The van der Waals surface area contributed by atoms with E-state index in [0.717, 1.165) is 19.6 Å². The minimum atomic E-state index is -0.586. The summed E-state index contributed by atoms with van der Waals surface area (Å²) in [5, 5.41) is 21.7. The molecule has 1 heterocycles. The number of nitrogens with zero attached hydrogens (tertiary/aromatic N) is 1. The second-order valence-electron chi connectivity index (χ2n) is 5.17. The summed E-state index contributed by atoms with van der Waals surface area (Å²) in [7, 11) is 0. The van der Waals surface area contributed by atoms with Crippen LogP contribution in [-0.4, -0.2) is 60.0 Å². The van der Waals surface area contributed by atoms with Crippen molar-refractivity contribution in [3.05, 3.63) is 0 Å². The quantitative estimate of drug-likeness (QED) is 0.603. The Balaban J connectivity index is 2.24. The van der Waals surface area contributed by atoms with Gasteiger partial charge >= 0.3 is 0 Å². The third-order valence-electron chi connectivity index (χ3n) is 3.10. The Morgan fingerprint density at radius 1 is 1.44 bits per heavy atom. The van der Waals surface area contributed by atoms with Gasteiger partial charge in [0, 0.05) is 19.1 Å². The van der Waals surface area contributed by atoms with Gasteiger partial charge in [-0.15, -0.1) is 0 Å². The molecule has 0 amide bonds. The zero-order chi connectivity index (χ0) is 12.0. The monoisotopic (exact) mass is 230 g/mol. The molecule has 0 aliphatic carbocycles. The second kappa shape index (κ2) is 7.22. The number of hydrogen-bond donors (Lipinski definition) is 3. The molecule has 0 saturated carbocycles. The Hall–Kier alpha value is -0.160. The van der Waals surface area contributed by atoms with E-state index in [0.29, 0.717) is 18.5 Å². The Labute approximate surface area is 98.6 Å². The van der Waals surface area contributed by atoms with Crippen molar-refractivity contribution in [2.24, 2.45) is 5.92 Å². The molecule has 4 heteroatoms. The van der Waals surface area contributed by atoms with Gasteiger partial charge in [-0.2, -0.15) is 0 Å². The largest absolute Gasteiger partial charge is 0.394 e. The highest BCUT2D eigenvalue weighted by Gasteiger charge is 2.21. The average Bonchev–Trinajstić information content (AvgIpc) is 2.26. The van der Waals surface area contributed by atoms with Crippen LogP contribution in [0.2, 0.25) is 0 Å². The zero-order valence-electron chi connectivity index (χ0n) is 10.5. The molecule has 0 bridgehead atoms. The number of likely N-dealkylation sites (tertiary alicyclic amines) is 1. The second-order valence-corrected chi connectivity index (χ2v) is 5.17. The summed E-state index contributed by atoms with van der Waals surface area (Å²) >= 11 is 0. The molecule has 16 heavy (non-hydrogen) atoms. The molecule has 1 fully saturated rings. The van der Waals surface area contributed by atoms with Crippen LogP contribution in [0.25, 0.3) is 0 Å². The number of aliphatic hydroxyl groups excluding tert-OH is 2. The number of aliphatic hydroxyl groups is 2. The van der Waals surface area contributed by atoms with Crippen molar-refractivity contribution in [3.63, 3.8) is 0 Å². The van der Waals surface area contributed by atoms with Crippen molar-refractivity contribution in [1.29, 1.82) is 0 Å². The standard InChI is InChI=1S/C12H26N2O2/c1-10(2)13-6-11-4-3-5-14(7-11)8-12(16)9-15/h10-13,15-16H,3-9H2,1-2H3. The average molecular weight is 230 g/mol. The minimum absolute atomic E-state index is 0.134. The Bertz CT molecular complexity index is 188. The summed E-state index contributed by atoms with van der Waals surface area (Å²) in [5.74, 6) is 0.682. The fourth-order valence-corrected chi connectivity index (χ4v) is 2.24. The highest BCUT2D eigenvalue weighted by Crippen LogP contribution is 2.16. The van der Waals surface area contributed by atoms with Crippen LogP contribution in [0.1, 0.15) is 26.7 Å². The maximum absolute atomic E-state index is 9.41. The Kier molecular flexibility index (Phi) is 6.28. The molecule has 3 N–H and O–H groups in total. The number of rotatable bonds is 6. The van der Waals surface area contributed by atoms with Crippen LogP contribution >= 0.6 is 0 Å². The summed E-state index contributed by atoms with van der Waals surface area (Å²) in [6.07, 6.45) is 1.88. The minimum Gasteiger partial charge on any atom is -0.394 e. The maximum atomic E-state index is 9.41. The molecule has 4 nitrogen and oxygen atoms in total. The highest BCUT2D eigenvalue weighted by atomic mass is 16.3. The summed E-state index contributed by atoms with van der Waals surface area (Å²) in [6, 6.07) is 0.540. The van der Waals surface area contributed by atoms with Gasteiger partial charge in [0.2, 0.25) is 0 Å². The van der Waals surface area contributed by atoms with Crippen LogP contribution in [0.3, 0.4) is 0 Å². The molecule has 96 valence electrons. The van der Waals surface area contributed by atoms with Crippen molar-refractivity contribution in [2.75, 3.05) is 32.8 Å². The number of β-amino-alcohol motifs (C(OH)–C–C–N with tert-alkyl or cyclic N) is 1. The van der Waals surface area contributed by atoms with Gasteiger partial charge < -0.3 is 20.4 Å². The molecule has 0 aromatic heterocycles. The van der Waals surface area contributed by atoms with E-state index in [-0.39, 0.29) is 6.61 Å². The first-order valence-electron chi connectivity index (χ1n) is 6.36. The van der Waals surface area contributed by atoms with E-state index >= 15 is 0 Å². The van der Waals surface area contributed by atoms with E-state index in [1.807, 2.05) is 0 Å². The number of nitrogens with one attached hydrogen (secondary N) is 1. The van der Waals surface area contributed by atoms with Gasteiger partial charge in [0.05, 0.1) is 12.7 Å². The normalized spacial score (nSPS) is 24.9. The van der Waals surface area contributed by atoms with Gasteiger partial charge in [-0.05, 0) is 31.8 Å². The van der Waals surface area contributed by atoms with E-state index in [9.17, 15) is 5.11 Å². The smallest absolute Gasteiger partial charge is 0.0897 e. The van der Waals surface area contributed by atoms with Crippen molar-refractivity contribution >= 4 is 0 Å². The molecule has 0 radical (unpaired) electrons. The molecule has 2 atom stereocenters. The van der Waals surface area contributed by atoms with Crippen LogP contribution in [0.15, 0.2) is 0 Å². The molecule has 1 saturated heterocycles. The molecule has 0 aromatic rings. The molecular formula is C12H26N2O2. The first-order valence-corrected chi connectivity index (χ1v) is 6.36. The third kappa shape index (κ3) is 5.25. The Morgan fingerprint density at radius 3 is 2.81 bits per heavy atom. The zero-order valence-corrected chi connectivity index (χ0v) is 10.5. The van der Waals surface area contributed by atoms with Crippen LogP contribution in [0, 0.1) is 5.92 Å². The predicted octanol–water partition coefficient (Wildman–Crippen LogP) is 0.0496. The molecule has 2 unspecified atom stereocenters. The maximum Gasteiger partial charge on any atom is 0.0897 e. The fourth-order valence-electron chi connectivity index (χ4n) is 2.24. The molecule has 0 spiro atoms. The lowest BCUT2D eigenvalue weighted by Crippen LogP contribution is -2.44. The van der Waals surface area contributed by atoms with Gasteiger partial charge in [0.15, 0.2) is 0 Å². The molecular weight excluding hydrogens is 204 g/mol. The van der Waals surface area contributed by atoms with E-state index in [1.165, 1.54) is 12.8 Å². The van der Waals surface area contributed by atoms with Crippen LogP contribution in [-0.2, 0) is 0 Å². The third-order valence-corrected chi connectivity index (χ3v) is 3.10. The van der Waals surface area contributed by atoms with E-state index in [4.69, 9.17) is 5.11 Å². The van der Waals surface area contributed by atoms with Gasteiger partial charge in [-0.25, -0.2) is 0 Å². The van der Waals surface area contributed by atoms with E-state index in [1.54, 1.807) is 0 Å². The first-order chi connectivity index (χ1) is 7.61. The van der Waals surface area contributed by atoms with Crippen LogP contribution < -0.4 is 5.32 Å². The van der Waals surface area contributed by atoms with Gasteiger partial charge in [-0.3, -0.25) is 0 Å². The van der Waals surface area contributed by atoms with Crippen molar-refractivity contribution < 1.29 is 10.2 Å². The molecule has 0 aromatic carbocycles. The SMILES string of the molecule is CC(C)NCC1CCCN(CC(O)CO)C1. The van der Waals surface area contributed by atoms with Crippen LogP contribution in [0.4, 0.5) is 0 Å². The Morgan fingerprint density at radius 2 is 2.19 bits per heavy atom. The van der Waals surface area contributed by atoms with Gasteiger partial charge in [0.1, 0.15) is 0 Å². The van der Waals surface area contributed by atoms with Crippen molar-refractivity contribution in [3.8, 4) is 0 Å². The summed E-state index contributed by atoms with van der Waals surface area (Å²) in [6.45, 7) is 7.95. The summed E-state index contributed by atoms with van der Waals surface area (Å²) < 4.78 is 0. The first kappa shape index (κ1) is 13.9. The summed E-state index contributed by atoms with van der Waals surface area (Å²) in [4.78, 5) is 2.26. The fraction of sp³-hybridized carbons (Fsp3) is 1.00. The van der Waals surface area contributed by atoms with E-state index in [2.05, 4.69) is 24.1 Å². The van der Waals surface area contributed by atoms with Crippen molar-refractivity contribution in [1.82, 2.24) is 10.2 Å². The topological polar surface area (TPSA) is 55.7 Å². The predicted molar refractivity (Wildman–Crippen MR) is 65.4 cm³/mol. The highest BCUT2D eigenvalue weighted by molar-refractivity contribution is 4.76. The molecule has 1 aliphatic rings.